The van der Waals surface area contributed by atoms with Crippen LogP contribution in [0.3, 0.4) is 0 Å². The van der Waals surface area contributed by atoms with E-state index in [0.717, 1.165) is 50.3 Å². The van der Waals surface area contributed by atoms with Crippen LogP contribution < -0.4 is 9.80 Å². The van der Waals surface area contributed by atoms with Gasteiger partial charge in [0.05, 0.1) is 28.2 Å². The summed E-state index contributed by atoms with van der Waals surface area (Å²) in [7, 11) is 0. The normalized spacial score (nSPS) is 13.6. The van der Waals surface area contributed by atoms with Gasteiger partial charge < -0.3 is 14.2 Å². The van der Waals surface area contributed by atoms with Crippen LogP contribution in [0, 0.1) is 6.92 Å². The van der Waals surface area contributed by atoms with Crippen molar-refractivity contribution in [3.63, 3.8) is 0 Å². The van der Waals surface area contributed by atoms with Gasteiger partial charge in [0.2, 0.25) is 0 Å². The van der Waals surface area contributed by atoms with Crippen molar-refractivity contribution in [1.82, 2.24) is 0 Å². The molecule has 1 aliphatic heterocycles. The van der Waals surface area contributed by atoms with Crippen LogP contribution >= 0.6 is 0 Å². The van der Waals surface area contributed by atoms with Crippen LogP contribution in [0.2, 0.25) is 0 Å². The smallest absolute Gasteiger partial charge is 0.159 e. The number of benzene rings is 10. The first-order valence-electron chi connectivity index (χ1n) is 22.8. The van der Waals surface area contributed by atoms with Crippen LogP contribution in [0.25, 0.3) is 54.6 Å². The molecule has 2 aliphatic rings. The van der Waals surface area contributed by atoms with Gasteiger partial charge in [0.1, 0.15) is 5.58 Å². The van der Waals surface area contributed by atoms with Gasteiger partial charge in [-0.2, -0.15) is 0 Å². The number of hydrogen-bond acceptors (Lipinski definition) is 3. The van der Waals surface area contributed by atoms with E-state index < -0.39 is 5.41 Å². The van der Waals surface area contributed by atoms with Crippen molar-refractivity contribution in [3.05, 3.63) is 240 Å². The molecule has 0 fully saturated rings. The zero-order valence-corrected chi connectivity index (χ0v) is 36.9. The molecule has 0 amide bonds. The summed E-state index contributed by atoms with van der Waals surface area (Å²) >= 11 is 0. The minimum atomic E-state index is -0.670. The third-order valence-electron chi connectivity index (χ3n) is 14.3. The van der Waals surface area contributed by atoms with E-state index in [1.807, 2.05) is 0 Å². The molecule has 10 aromatic carbocycles. The average molecular weight is 835 g/mol. The Labute approximate surface area is 379 Å². The maximum Gasteiger partial charge on any atom is 0.159 e. The highest BCUT2D eigenvalue weighted by Crippen LogP contribution is 2.66. The van der Waals surface area contributed by atoms with Crippen molar-refractivity contribution < 1.29 is 4.42 Å². The Morgan fingerprint density at radius 1 is 0.446 bits per heavy atom. The molecule has 0 saturated heterocycles. The standard InChI is InChI=1S/C62H46N2O/c1-39-18-16-25-47-48-26-17-31-55(60(48)65-59(39)47)64(43-35-33-41(34-36-43)61(2,3)4)56-38-52-58(46-24-11-10-23-45(46)56)57-44-22-9-8-19-40(44)32-37-51(57)62(52)49-27-12-14-29-53(49)63(42-20-6-5-7-21-42)54-30-15-13-28-50(54)62/h5-38H,1-4H3. The largest absolute Gasteiger partial charge is 0.454 e. The van der Waals surface area contributed by atoms with Gasteiger partial charge in [-0.25, -0.2) is 0 Å². The molecule has 2 heterocycles. The van der Waals surface area contributed by atoms with E-state index in [-0.39, 0.29) is 5.41 Å². The third-order valence-corrected chi connectivity index (χ3v) is 14.3. The summed E-state index contributed by atoms with van der Waals surface area (Å²) < 4.78 is 7.03. The topological polar surface area (TPSA) is 19.6 Å². The molecular formula is C62H46N2O. The SMILES string of the molecule is Cc1cccc2c1oc1c(N(c3ccc(C(C)(C)C)cc3)c3cc4c(c5ccccc35)-c3c(ccc5ccccc35)C43c4ccccc4N(c4ccccc4)c4ccccc43)cccc12. The summed E-state index contributed by atoms with van der Waals surface area (Å²) in [6.07, 6.45) is 0. The number of rotatable bonds is 4. The van der Waals surface area contributed by atoms with Gasteiger partial charge in [-0.3, -0.25) is 0 Å². The zero-order chi connectivity index (χ0) is 43.6. The van der Waals surface area contributed by atoms with Crippen LogP contribution in [-0.2, 0) is 10.8 Å². The number of furan rings is 1. The molecule has 65 heavy (non-hydrogen) atoms. The molecule has 0 N–H and O–H groups in total. The first-order valence-corrected chi connectivity index (χ1v) is 22.8. The van der Waals surface area contributed by atoms with E-state index in [0.29, 0.717) is 0 Å². The monoisotopic (exact) mass is 834 g/mol. The number of anilines is 6. The van der Waals surface area contributed by atoms with Crippen molar-refractivity contribution in [1.29, 1.82) is 0 Å². The minimum absolute atomic E-state index is 0.00374. The lowest BCUT2D eigenvalue weighted by atomic mass is 9.64. The van der Waals surface area contributed by atoms with Gasteiger partial charge in [0.25, 0.3) is 0 Å². The molecule has 0 atom stereocenters. The molecule has 1 spiro atoms. The lowest BCUT2D eigenvalue weighted by Gasteiger charge is -2.45. The van der Waals surface area contributed by atoms with E-state index in [9.17, 15) is 0 Å². The Balaban J connectivity index is 1.20. The van der Waals surface area contributed by atoms with Gasteiger partial charge in [-0.1, -0.05) is 178 Å². The molecule has 3 heteroatoms. The molecule has 1 aromatic heterocycles. The van der Waals surface area contributed by atoms with Gasteiger partial charge in [0.15, 0.2) is 5.58 Å². The van der Waals surface area contributed by atoms with Crippen molar-refractivity contribution in [3.8, 4) is 11.1 Å². The molecule has 1 aliphatic carbocycles. The average Bonchev–Trinajstić information content (AvgIpc) is 3.88. The molecule has 13 rings (SSSR count). The number of nitrogens with zero attached hydrogens (tertiary/aromatic N) is 2. The lowest BCUT2D eigenvalue weighted by molar-refractivity contribution is 0.590. The Bertz CT molecular complexity index is 3670. The summed E-state index contributed by atoms with van der Waals surface area (Å²) in [5, 5.41) is 7.13. The fourth-order valence-corrected chi connectivity index (χ4v) is 11.4. The number of para-hydroxylation sites is 5. The lowest BCUT2D eigenvalue weighted by Crippen LogP contribution is -2.36. The highest BCUT2D eigenvalue weighted by Gasteiger charge is 2.53. The van der Waals surface area contributed by atoms with E-state index in [4.69, 9.17) is 4.42 Å². The summed E-state index contributed by atoms with van der Waals surface area (Å²) in [4.78, 5) is 4.94. The number of fused-ring (bicyclic) bond motifs is 16. The molecule has 0 bridgehead atoms. The minimum Gasteiger partial charge on any atom is -0.454 e. The Morgan fingerprint density at radius 2 is 1.03 bits per heavy atom. The zero-order valence-electron chi connectivity index (χ0n) is 36.9. The summed E-state index contributed by atoms with van der Waals surface area (Å²) in [6.45, 7) is 8.99. The molecule has 0 saturated carbocycles. The fraction of sp³-hybridized carbons (Fsp3) is 0.0968. The highest BCUT2D eigenvalue weighted by molar-refractivity contribution is 6.18. The first-order chi connectivity index (χ1) is 31.8. The first kappa shape index (κ1) is 37.7. The maximum absolute atomic E-state index is 7.03. The predicted octanol–water partition coefficient (Wildman–Crippen LogP) is 17.1. The molecule has 3 nitrogen and oxygen atoms in total. The highest BCUT2D eigenvalue weighted by atomic mass is 16.3. The molecule has 310 valence electrons. The Morgan fingerprint density at radius 3 is 1.75 bits per heavy atom. The van der Waals surface area contributed by atoms with E-state index in [1.54, 1.807) is 0 Å². The Kier molecular flexibility index (Phi) is 8.00. The molecule has 0 radical (unpaired) electrons. The summed E-state index contributed by atoms with van der Waals surface area (Å²) in [5.41, 5.74) is 17.9. The van der Waals surface area contributed by atoms with Crippen LogP contribution in [0.5, 0.6) is 0 Å². The van der Waals surface area contributed by atoms with E-state index >= 15 is 0 Å². The van der Waals surface area contributed by atoms with Crippen molar-refractivity contribution in [2.24, 2.45) is 0 Å². The second kappa shape index (κ2) is 13.8. The third kappa shape index (κ3) is 5.24. The Hall–Kier alpha value is -7.88. The van der Waals surface area contributed by atoms with E-state index in [2.05, 4.69) is 244 Å². The molecular weight excluding hydrogens is 789 g/mol. The maximum atomic E-state index is 7.03. The molecule has 0 unspecified atom stereocenters. The second-order valence-corrected chi connectivity index (χ2v) is 18.9. The summed E-state index contributed by atoms with van der Waals surface area (Å²) in [6, 6.07) is 76.7. The predicted molar refractivity (Wildman–Crippen MR) is 272 cm³/mol. The number of aryl methyl sites for hydroxylation is 1. The van der Waals surface area contributed by atoms with Gasteiger partial charge in [-0.05, 0) is 122 Å². The molecule has 11 aromatic rings. The van der Waals surface area contributed by atoms with Crippen molar-refractivity contribution in [2.75, 3.05) is 9.80 Å². The van der Waals surface area contributed by atoms with Crippen LogP contribution in [-0.4, -0.2) is 0 Å². The summed E-state index contributed by atoms with van der Waals surface area (Å²) in [5.74, 6) is 0. The van der Waals surface area contributed by atoms with Gasteiger partial charge in [-0.15, -0.1) is 0 Å². The van der Waals surface area contributed by atoms with Crippen molar-refractivity contribution >= 4 is 77.6 Å². The van der Waals surface area contributed by atoms with E-state index in [1.165, 1.54) is 71.9 Å². The van der Waals surface area contributed by atoms with Gasteiger partial charge >= 0.3 is 0 Å². The van der Waals surface area contributed by atoms with Crippen LogP contribution in [0.15, 0.2) is 211 Å². The number of hydrogen-bond donors (Lipinski definition) is 0. The quantitative estimate of drug-likeness (QED) is 0.176. The fourth-order valence-electron chi connectivity index (χ4n) is 11.4. The van der Waals surface area contributed by atoms with Crippen LogP contribution in [0.1, 0.15) is 54.2 Å². The van der Waals surface area contributed by atoms with Gasteiger partial charge in [0, 0.05) is 27.5 Å². The van der Waals surface area contributed by atoms with Crippen molar-refractivity contribution in [2.45, 2.75) is 38.5 Å². The van der Waals surface area contributed by atoms with Crippen LogP contribution in [0.4, 0.5) is 34.1 Å². The second-order valence-electron chi connectivity index (χ2n) is 18.9.